The van der Waals surface area contributed by atoms with Crippen molar-refractivity contribution in [3.05, 3.63) is 70.0 Å². The minimum atomic E-state index is -0.353. The second kappa shape index (κ2) is 11.9. The van der Waals surface area contributed by atoms with Gasteiger partial charge in [0.25, 0.3) is 11.6 Å². The molecule has 32 heavy (non-hydrogen) atoms. The standard InChI is InChI=1S/C24H32N4O3.ClH/c1-24(2,18-26-23(29)22-5-3-4-13-25-22)12-16-27-14-10-20(11-15-27)17-19-6-8-21(9-7-19)28(30)31;/h3-9,13,20H,10-12,14-18H2,1-2H3,(H,26,29);1H. The first-order chi connectivity index (χ1) is 14.8. The van der Waals surface area contributed by atoms with E-state index in [0.717, 1.165) is 45.3 Å². The van der Waals surface area contributed by atoms with Crippen LogP contribution in [-0.4, -0.2) is 46.9 Å². The minimum absolute atomic E-state index is 0. The Morgan fingerprint density at radius 2 is 1.88 bits per heavy atom. The number of nitrogens with zero attached hydrogens (tertiary/aromatic N) is 3. The minimum Gasteiger partial charge on any atom is -0.350 e. The third-order valence-corrected chi connectivity index (χ3v) is 6.11. The van der Waals surface area contributed by atoms with Gasteiger partial charge in [-0.3, -0.25) is 19.9 Å². The van der Waals surface area contributed by atoms with Crippen LogP contribution in [0.5, 0.6) is 0 Å². The van der Waals surface area contributed by atoms with Gasteiger partial charge in [0.05, 0.1) is 4.92 Å². The Hall–Kier alpha value is -2.51. The first-order valence-electron chi connectivity index (χ1n) is 11.0. The summed E-state index contributed by atoms with van der Waals surface area (Å²) in [4.78, 5) is 29.3. The molecular formula is C24H33ClN4O3. The first-order valence-corrected chi connectivity index (χ1v) is 11.0. The zero-order valence-corrected chi connectivity index (χ0v) is 19.6. The predicted molar refractivity (Wildman–Crippen MR) is 128 cm³/mol. The number of nitro benzene ring substituents is 1. The molecule has 0 saturated carbocycles. The maximum absolute atomic E-state index is 12.2. The second-order valence-electron chi connectivity index (χ2n) is 9.22. The summed E-state index contributed by atoms with van der Waals surface area (Å²) in [6, 6.07) is 12.3. The Labute approximate surface area is 196 Å². The summed E-state index contributed by atoms with van der Waals surface area (Å²) in [5, 5.41) is 13.8. The maximum atomic E-state index is 12.2. The molecule has 0 aliphatic carbocycles. The number of likely N-dealkylation sites (tertiary alicyclic amines) is 1. The van der Waals surface area contributed by atoms with Gasteiger partial charge in [-0.05, 0) is 74.3 Å². The number of hydrogen-bond acceptors (Lipinski definition) is 5. The molecule has 0 atom stereocenters. The maximum Gasteiger partial charge on any atom is 0.269 e. The van der Waals surface area contributed by atoms with Gasteiger partial charge in [-0.1, -0.05) is 32.0 Å². The number of carbonyl (C=O) groups excluding carboxylic acids is 1. The molecule has 0 spiro atoms. The number of pyridine rings is 1. The normalized spacial score (nSPS) is 15.1. The molecule has 0 radical (unpaired) electrons. The summed E-state index contributed by atoms with van der Waals surface area (Å²) in [5.74, 6) is 0.504. The SMILES string of the molecule is CC(C)(CCN1CCC(Cc2ccc([N+](=O)[O-])cc2)CC1)CNC(=O)c1ccccn1.Cl. The zero-order chi connectivity index (χ0) is 22.3. The van der Waals surface area contributed by atoms with Crippen molar-refractivity contribution in [3.8, 4) is 0 Å². The third kappa shape index (κ3) is 7.88. The summed E-state index contributed by atoms with van der Waals surface area (Å²) in [6.45, 7) is 8.18. The number of rotatable bonds is 9. The quantitative estimate of drug-likeness (QED) is 0.439. The van der Waals surface area contributed by atoms with E-state index in [1.165, 1.54) is 5.56 Å². The van der Waals surface area contributed by atoms with Gasteiger partial charge in [-0.2, -0.15) is 0 Å². The number of carbonyl (C=O) groups is 1. The molecule has 8 heteroatoms. The Morgan fingerprint density at radius 1 is 1.19 bits per heavy atom. The van der Waals surface area contributed by atoms with Crippen molar-refractivity contribution < 1.29 is 9.72 Å². The highest BCUT2D eigenvalue weighted by Gasteiger charge is 2.24. The van der Waals surface area contributed by atoms with Crippen LogP contribution in [0, 0.1) is 21.4 Å². The van der Waals surface area contributed by atoms with Crippen LogP contribution in [0.4, 0.5) is 5.69 Å². The van der Waals surface area contributed by atoms with Crippen LogP contribution in [0.3, 0.4) is 0 Å². The van der Waals surface area contributed by atoms with Gasteiger partial charge in [0.2, 0.25) is 0 Å². The van der Waals surface area contributed by atoms with Crippen molar-refractivity contribution >= 4 is 24.0 Å². The lowest BCUT2D eigenvalue weighted by atomic mass is 9.87. The van der Waals surface area contributed by atoms with Crippen molar-refractivity contribution in [2.24, 2.45) is 11.3 Å². The number of nitrogens with one attached hydrogen (secondary N) is 1. The summed E-state index contributed by atoms with van der Waals surface area (Å²) in [7, 11) is 0. The van der Waals surface area contributed by atoms with Gasteiger partial charge < -0.3 is 10.2 Å². The van der Waals surface area contributed by atoms with Crippen LogP contribution in [0.15, 0.2) is 48.7 Å². The van der Waals surface area contributed by atoms with E-state index in [1.54, 1.807) is 30.5 Å². The van der Waals surface area contributed by atoms with E-state index in [9.17, 15) is 14.9 Å². The Kier molecular flexibility index (Phi) is 9.60. The number of amides is 1. The molecule has 1 N–H and O–H groups in total. The lowest BCUT2D eigenvalue weighted by molar-refractivity contribution is -0.384. The van der Waals surface area contributed by atoms with Crippen LogP contribution in [0.25, 0.3) is 0 Å². The largest absolute Gasteiger partial charge is 0.350 e. The number of benzene rings is 1. The molecule has 174 valence electrons. The van der Waals surface area contributed by atoms with Gasteiger partial charge in [0.15, 0.2) is 0 Å². The number of aromatic nitrogens is 1. The molecule has 1 aromatic carbocycles. The average molecular weight is 461 g/mol. The Morgan fingerprint density at radius 3 is 2.47 bits per heavy atom. The van der Waals surface area contributed by atoms with Crippen molar-refractivity contribution in [3.63, 3.8) is 0 Å². The second-order valence-corrected chi connectivity index (χ2v) is 9.22. The average Bonchev–Trinajstić information content (AvgIpc) is 2.78. The van der Waals surface area contributed by atoms with Crippen molar-refractivity contribution in [1.82, 2.24) is 15.2 Å². The zero-order valence-electron chi connectivity index (χ0n) is 18.8. The van der Waals surface area contributed by atoms with E-state index >= 15 is 0 Å². The van der Waals surface area contributed by atoms with E-state index in [2.05, 4.69) is 29.0 Å². The highest BCUT2D eigenvalue weighted by molar-refractivity contribution is 5.92. The van der Waals surface area contributed by atoms with Crippen molar-refractivity contribution in [2.45, 2.75) is 39.5 Å². The van der Waals surface area contributed by atoms with Gasteiger partial charge in [-0.15, -0.1) is 12.4 Å². The molecule has 1 fully saturated rings. The van der Waals surface area contributed by atoms with Crippen LogP contribution in [0.2, 0.25) is 0 Å². The molecule has 1 saturated heterocycles. The van der Waals surface area contributed by atoms with Crippen molar-refractivity contribution in [2.75, 3.05) is 26.2 Å². The highest BCUT2D eigenvalue weighted by atomic mass is 35.5. The Balaban J connectivity index is 0.00000363. The van der Waals surface area contributed by atoms with Crippen LogP contribution < -0.4 is 5.32 Å². The summed E-state index contributed by atoms with van der Waals surface area (Å²) in [5.41, 5.74) is 1.79. The molecule has 0 unspecified atom stereocenters. The summed E-state index contributed by atoms with van der Waals surface area (Å²) < 4.78 is 0. The van der Waals surface area contributed by atoms with Crippen LogP contribution in [0.1, 0.15) is 49.2 Å². The fraction of sp³-hybridized carbons (Fsp3) is 0.500. The molecule has 1 aliphatic heterocycles. The highest BCUT2D eigenvalue weighted by Crippen LogP contribution is 2.25. The first kappa shape index (κ1) is 25.7. The molecule has 2 aromatic rings. The lowest BCUT2D eigenvalue weighted by Gasteiger charge is -2.34. The van der Waals surface area contributed by atoms with E-state index in [0.29, 0.717) is 18.2 Å². The number of non-ortho nitro benzene ring substituents is 1. The summed E-state index contributed by atoms with van der Waals surface area (Å²) in [6.07, 6.45) is 5.92. The number of nitro groups is 1. The smallest absolute Gasteiger partial charge is 0.269 e. The Bertz CT molecular complexity index is 867. The van der Waals surface area contributed by atoms with Crippen molar-refractivity contribution in [1.29, 1.82) is 0 Å². The van der Waals surface area contributed by atoms with Gasteiger partial charge in [0, 0.05) is 24.9 Å². The monoisotopic (exact) mass is 460 g/mol. The van der Waals surface area contributed by atoms with Gasteiger partial charge in [0.1, 0.15) is 5.69 Å². The van der Waals surface area contributed by atoms with E-state index < -0.39 is 0 Å². The number of halogens is 1. The molecular weight excluding hydrogens is 428 g/mol. The number of hydrogen-bond donors (Lipinski definition) is 1. The van der Waals surface area contributed by atoms with Gasteiger partial charge in [-0.25, -0.2) is 0 Å². The summed E-state index contributed by atoms with van der Waals surface area (Å²) >= 11 is 0. The topological polar surface area (TPSA) is 88.4 Å². The molecule has 2 heterocycles. The molecule has 7 nitrogen and oxygen atoms in total. The molecule has 1 amide bonds. The van der Waals surface area contributed by atoms with Crippen LogP contribution in [-0.2, 0) is 6.42 Å². The predicted octanol–water partition coefficient (Wildman–Crippen LogP) is 4.51. The fourth-order valence-electron chi connectivity index (χ4n) is 3.96. The lowest BCUT2D eigenvalue weighted by Crippen LogP contribution is -2.39. The molecule has 3 rings (SSSR count). The molecule has 1 aliphatic rings. The molecule has 0 bridgehead atoms. The fourth-order valence-corrected chi connectivity index (χ4v) is 3.96. The van der Waals surface area contributed by atoms with E-state index in [4.69, 9.17) is 0 Å². The number of piperidine rings is 1. The third-order valence-electron chi connectivity index (χ3n) is 6.11. The van der Waals surface area contributed by atoms with Gasteiger partial charge >= 0.3 is 0 Å². The van der Waals surface area contributed by atoms with E-state index in [1.807, 2.05) is 18.2 Å². The van der Waals surface area contributed by atoms with Crippen LogP contribution >= 0.6 is 12.4 Å². The van der Waals surface area contributed by atoms with E-state index in [-0.39, 0.29) is 34.3 Å². The molecule has 1 aromatic heterocycles.